The number of nitrogens with two attached hydrogens (primary N) is 4. The van der Waals surface area contributed by atoms with Crippen molar-refractivity contribution in [3.63, 3.8) is 0 Å². The molecule has 1 fully saturated rings. The fourth-order valence-electron chi connectivity index (χ4n) is 3.74. The molecule has 1 rings (SSSR count). The summed E-state index contributed by atoms with van der Waals surface area (Å²) in [6, 6.07) is -3.98. The lowest BCUT2D eigenvalue weighted by atomic mass is 10.1. The average Bonchev–Trinajstić information content (AvgIpc) is 3.31. The highest BCUT2D eigenvalue weighted by Crippen LogP contribution is 2.19. The molecule has 1 aliphatic heterocycles. The number of carbonyl (C=O) groups is 5. The first kappa shape index (κ1) is 31.0. The van der Waals surface area contributed by atoms with Gasteiger partial charge in [-0.15, -0.1) is 0 Å². The van der Waals surface area contributed by atoms with E-state index >= 15 is 0 Å². The molecular formula is C21H38N8O6S. The van der Waals surface area contributed by atoms with Crippen LogP contribution in [0.15, 0.2) is 4.99 Å². The third-order valence-corrected chi connectivity index (χ3v) is 6.30. The zero-order valence-corrected chi connectivity index (χ0v) is 21.3. The number of carboxylic acids is 1. The molecule has 4 unspecified atom stereocenters. The number of nitrogens with one attached hydrogen (secondary N) is 2. The van der Waals surface area contributed by atoms with E-state index in [9.17, 15) is 29.1 Å². The van der Waals surface area contributed by atoms with Crippen LogP contribution in [0.4, 0.5) is 0 Å². The van der Waals surface area contributed by atoms with Gasteiger partial charge in [-0.1, -0.05) is 0 Å². The number of carbonyl (C=O) groups excluding carboxylic acids is 4. The molecule has 0 aromatic carbocycles. The van der Waals surface area contributed by atoms with Crippen molar-refractivity contribution in [2.24, 2.45) is 27.9 Å². The van der Waals surface area contributed by atoms with E-state index in [0.717, 1.165) is 0 Å². The summed E-state index contributed by atoms with van der Waals surface area (Å²) in [4.78, 5) is 66.5. The molecule has 1 aliphatic rings. The van der Waals surface area contributed by atoms with Gasteiger partial charge in [0.05, 0.1) is 6.04 Å². The van der Waals surface area contributed by atoms with Gasteiger partial charge in [0.15, 0.2) is 5.96 Å². The second-order valence-electron chi connectivity index (χ2n) is 8.49. The number of primary amides is 1. The molecule has 14 nitrogen and oxygen atoms in total. The predicted molar refractivity (Wildman–Crippen MR) is 136 cm³/mol. The summed E-state index contributed by atoms with van der Waals surface area (Å²) in [6.07, 6.45) is 3.50. The van der Waals surface area contributed by atoms with E-state index in [1.165, 1.54) is 16.7 Å². The van der Waals surface area contributed by atoms with Crippen LogP contribution in [-0.2, 0) is 24.0 Å². The predicted octanol–water partition coefficient (Wildman–Crippen LogP) is -2.57. The lowest BCUT2D eigenvalue weighted by molar-refractivity contribution is -0.143. The SMILES string of the molecule is CSCCC(NC(=O)C1CCCN1C(=O)C(N)CCC(N)=O)C(=O)NC(CCCN=C(N)N)C(=O)O. The first-order chi connectivity index (χ1) is 17.0. The number of likely N-dealkylation sites (tertiary alicyclic amines) is 1. The van der Waals surface area contributed by atoms with E-state index in [4.69, 9.17) is 22.9 Å². The summed E-state index contributed by atoms with van der Waals surface area (Å²) >= 11 is 1.46. The number of thioether (sulfide) groups is 1. The molecule has 0 saturated carbocycles. The molecule has 11 N–H and O–H groups in total. The van der Waals surface area contributed by atoms with Gasteiger partial charge in [0.1, 0.15) is 18.1 Å². The third kappa shape index (κ3) is 10.7. The van der Waals surface area contributed by atoms with Gasteiger partial charge >= 0.3 is 5.97 Å². The summed E-state index contributed by atoms with van der Waals surface area (Å²) in [5.41, 5.74) is 21.5. The lowest BCUT2D eigenvalue weighted by Crippen LogP contribution is -2.56. The number of nitrogens with zero attached hydrogens (tertiary/aromatic N) is 2. The molecule has 204 valence electrons. The molecular weight excluding hydrogens is 492 g/mol. The first-order valence-electron chi connectivity index (χ1n) is 11.7. The molecule has 36 heavy (non-hydrogen) atoms. The zero-order chi connectivity index (χ0) is 27.3. The zero-order valence-electron chi connectivity index (χ0n) is 20.5. The Bertz CT molecular complexity index is 822. The summed E-state index contributed by atoms with van der Waals surface area (Å²) in [6.45, 7) is 0.529. The van der Waals surface area contributed by atoms with E-state index in [0.29, 0.717) is 31.6 Å². The fourth-order valence-corrected chi connectivity index (χ4v) is 4.21. The number of guanidine groups is 1. The van der Waals surface area contributed by atoms with Gasteiger partial charge in [-0.25, -0.2) is 4.79 Å². The summed E-state index contributed by atoms with van der Waals surface area (Å²) in [7, 11) is 0. The number of aliphatic imine (C=N–C) groups is 1. The smallest absolute Gasteiger partial charge is 0.326 e. The standard InChI is InChI=1S/C21H38N8O6S/c1-36-11-8-13(17(31)28-14(20(34)35)4-2-9-26-21(24)25)27-18(32)15-5-3-10-29(15)19(33)12(22)6-7-16(23)30/h12-15H,2-11,22H2,1H3,(H2,23,30)(H,27,32)(H,28,31)(H,34,35)(H4,24,25,26). The summed E-state index contributed by atoms with van der Waals surface area (Å²) < 4.78 is 0. The van der Waals surface area contributed by atoms with Gasteiger partial charge < -0.3 is 43.6 Å². The normalized spacial score (nSPS) is 17.5. The van der Waals surface area contributed by atoms with Crippen LogP contribution in [0.3, 0.4) is 0 Å². The number of amides is 4. The maximum atomic E-state index is 13.1. The summed E-state index contributed by atoms with van der Waals surface area (Å²) in [5, 5.41) is 14.6. The maximum Gasteiger partial charge on any atom is 0.326 e. The minimum Gasteiger partial charge on any atom is -0.480 e. The van der Waals surface area contributed by atoms with E-state index in [2.05, 4.69) is 15.6 Å². The Morgan fingerprint density at radius 2 is 1.78 bits per heavy atom. The number of hydrogen-bond donors (Lipinski definition) is 7. The number of carboxylic acid groups (broad SMARTS) is 1. The van der Waals surface area contributed by atoms with Gasteiger partial charge in [0, 0.05) is 19.5 Å². The van der Waals surface area contributed by atoms with Crippen LogP contribution < -0.4 is 33.6 Å². The second kappa shape index (κ2) is 15.8. The molecule has 1 saturated heterocycles. The Balaban J connectivity index is 2.84. The topological polar surface area (TPSA) is 249 Å². The van der Waals surface area contributed by atoms with Crippen molar-refractivity contribution in [1.29, 1.82) is 0 Å². The van der Waals surface area contributed by atoms with Crippen LogP contribution in [-0.4, -0.2) is 94.8 Å². The van der Waals surface area contributed by atoms with Crippen molar-refractivity contribution in [1.82, 2.24) is 15.5 Å². The lowest BCUT2D eigenvalue weighted by Gasteiger charge is -2.28. The minimum atomic E-state index is -1.22. The molecule has 15 heteroatoms. The van der Waals surface area contributed by atoms with Crippen LogP contribution in [0.2, 0.25) is 0 Å². The number of hydrogen-bond acceptors (Lipinski definition) is 8. The Labute approximate surface area is 214 Å². The van der Waals surface area contributed by atoms with Crippen molar-refractivity contribution in [3.05, 3.63) is 0 Å². The van der Waals surface area contributed by atoms with Gasteiger partial charge in [0.2, 0.25) is 23.6 Å². The summed E-state index contributed by atoms with van der Waals surface area (Å²) in [5.74, 6) is -3.01. The van der Waals surface area contributed by atoms with Gasteiger partial charge in [-0.2, -0.15) is 11.8 Å². The largest absolute Gasteiger partial charge is 0.480 e. The van der Waals surface area contributed by atoms with Crippen molar-refractivity contribution >= 4 is 47.3 Å². The number of rotatable bonds is 16. The monoisotopic (exact) mass is 530 g/mol. The van der Waals surface area contributed by atoms with Crippen LogP contribution in [0, 0.1) is 0 Å². The molecule has 0 bridgehead atoms. The van der Waals surface area contributed by atoms with Crippen LogP contribution >= 0.6 is 11.8 Å². The molecule has 1 heterocycles. The molecule has 0 aliphatic carbocycles. The quantitative estimate of drug-likeness (QED) is 0.0624. The molecule has 0 spiro atoms. The van der Waals surface area contributed by atoms with Gasteiger partial charge in [-0.3, -0.25) is 24.2 Å². The maximum absolute atomic E-state index is 13.1. The van der Waals surface area contributed by atoms with Crippen molar-refractivity contribution in [2.45, 2.75) is 69.1 Å². The average molecular weight is 531 g/mol. The van der Waals surface area contributed by atoms with E-state index in [1.807, 2.05) is 6.26 Å². The Kier molecular flexibility index (Phi) is 13.6. The van der Waals surface area contributed by atoms with E-state index in [1.54, 1.807) is 0 Å². The van der Waals surface area contributed by atoms with Crippen molar-refractivity contribution in [3.8, 4) is 0 Å². The van der Waals surface area contributed by atoms with Gasteiger partial charge in [0.25, 0.3) is 0 Å². The van der Waals surface area contributed by atoms with Crippen molar-refractivity contribution in [2.75, 3.05) is 25.1 Å². The molecule has 0 aromatic heterocycles. The van der Waals surface area contributed by atoms with Crippen LogP contribution in [0.25, 0.3) is 0 Å². The van der Waals surface area contributed by atoms with Crippen molar-refractivity contribution < 1.29 is 29.1 Å². The molecule has 4 amide bonds. The Hall–Kier alpha value is -3.07. The third-order valence-electron chi connectivity index (χ3n) is 5.66. The van der Waals surface area contributed by atoms with Gasteiger partial charge in [-0.05, 0) is 50.5 Å². The molecule has 0 radical (unpaired) electrons. The van der Waals surface area contributed by atoms with E-state index in [-0.39, 0.29) is 38.2 Å². The first-order valence-corrected chi connectivity index (χ1v) is 13.1. The van der Waals surface area contributed by atoms with Crippen LogP contribution in [0.1, 0.15) is 44.9 Å². The highest BCUT2D eigenvalue weighted by atomic mass is 32.2. The fraction of sp³-hybridized carbons (Fsp3) is 0.714. The molecule has 0 aromatic rings. The second-order valence-corrected chi connectivity index (χ2v) is 9.48. The molecule has 4 atom stereocenters. The van der Waals surface area contributed by atoms with E-state index < -0.39 is 53.8 Å². The number of aliphatic carboxylic acids is 1. The Morgan fingerprint density at radius 3 is 2.36 bits per heavy atom. The Morgan fingerprint density at radius 1 is 1.08 bits per heavy atom. The minimum absolute atomic E-state index is 0.0504. The van der Waals surface area contributed by atoms with Crippen LogP contribution in [0.5, 0.6) is 0 Å². The highest BCUT2D eigenvalue weighted by molar-refractivity contribution is 7.98. The highest BCUT2D eigenvalue weighted by Gasteiger charge is 2.37.